The molecule has 0 saturated carbocycles. The molecule has 3 nitrogen and oxygen atoms in total. The number of carbonyl (C=O) groups is 1. The van der Waals surface area contributed by atoms with Crippen LogP contribution in [0.5, 0.6) is 0 Å². The van der Waals surface area contributed by atoms with Crippen LogP contribution in [0.15, 0.2) is 54.6 Å². The minimum absolute atomic E-state index is 0.120. The van der Waals surface area contributed by atoms with Crippen LogP contribution < -0.4 is 0 Å². The van der Waals surface area contributed by atoms with Crippen molar-refractivity contribution in [1.82, 2.24) is 4.90 Å². The summed E-state index contributed by atoms with van der Waals surface area (Å²) in [5, 5.41) is 0. The number of carbonyl (C=O) groups excluding carboxylic acids is 1. The van der Waals surface area contributed by atoms with Gasteiger partial charge in [0, 0.05) is 6.54 Å². The zero-order chi connectivity index (χ0) is 18.1. The summed E-state index contributed by atoms with van der Waals surface area (Å²) in [4.78, 5) is 13.4. The van der Waals surface area contributed by atoms with E-state index in [2.05, 4.69) is 0 Å². The number of alkyl halides is 3. The Kier molecular flexibility index (Phi) is 4.41. The Morgan fingerprint density at radius 3 is 2.28 bits per heavy atom. The first kappa shape index (κ1) is 17.3. The predicted octanol–water partition coefficient (Wildman–Crippen LogP) is 4.63. The maximum Gasteiger partial charge on any atom is 0.411 e. The first-order valence-electron chi connectivity index (χ1n) is 7.62. The topological polar surface area (TPSA) is 29.5 Å². The molecular weight excluding hydrogens is 338 g/mol. The largest absolute Gasteiger partial charge is 0.436 e. The zero-order valence-corrected chi connectivity index (χ0v) is 13.1. The van der Waals surface area contributed by atoms with E-state index < -0.39 is 30.1 Å². The van der Waals surface area contributed by atoms with E-state index in [1.165, 1.54) is 17.0 Å². The quantitative estimate of drug-likeness (QED) is 0.751. The van der Waals surface area contributed by atoms with E-state index in [0.717, 1.165) is 17.7 Å². The molecule has 0 radical (unpaired) electrons. The minimum Gasteiger partial charge on any atom is -0.436 e. The highest BCUT2D eigenvalue weighted by molar-refractivity contribution is 5.71. The summed E-state index contributed by atoms with van der Waals surface area (Å²) in [5.41, 5.74) is -0.978. The van der Waals surface area contributed by atoms with Crippen molar-refractivity contribution in [2.45, 2.75) is 24.7 Å². The summed E-state index contributed by atoms with van der Waals surface area (Å²) in [6, 6.07) is 13.5. The minimum atomic E-state index is -4.54. The fourth-order valence-electron chi connectivity index (χ4n) is 2.98. The van der Waals surface area contributed by atoms with Gasteiger partial charge in [0.05, 0.1) is 13.0 Å². The summed E-state index contributed by atoms with van der Waals surface area (Å²) in [7, 11) is 0. The highest BCUT2D eigenvalue weighted by Crippen LogP contribution is 2.42. The SMILES string of the molecule is O=C1OC(CC(F)(F)F)(c2ccc(F)cc2)CN1Cc1ccccc1. The number of rotatable bonds is 4. The Labute approximate surface area is 141 Å². The van der Waals surface area contributed by atoms with Crippen molar-refractivity contribution < 1.29 is 27.1 Å². The lowest BCUT2D eigenvalue weighted by Gasteiger charge is -2.28. The number of benzene rings is 2. The molecule has 0 N–H and O–H groups in total. The third-order valence-corrected chi connectivity index (χ3v) is 4.06. The predicted molar refractivity (Wildman–Crippen MR) is 82.1 cm³/mol. The summed E-state index contributed by atoms with van der Waals surface area (Å²) in [6.45, 7) is -0.119. The molecule has 0 aliphatic carbocycles. The van der Waals surface area contributed by atoms with E-state index in [4.69, 9.17) is 4.74 Å². The van der Waals surface area contributed by atoms with Gasteiger partial charge >= 0.3 is 12.3 Å². The maximum atomic E-state index is 13.1. The van der Waals surface area contributed by atoms with Gasteiger partial charge in [0.2, 0.25) is 0 Å². The van der Waals surface area contributed by atoms with Gasteiger partial charge in [-0.1, -0.05) is 42.5 Å². The zero-order valence-electron chi connectivity index (χ0n) is 13.1. The molecule has 0 bridgehead atoms. The molecule has 1 fully saturated rings. The Morgan fingerprint density at radius 1 is 1.04 bits per heavy atom. The fourth-order valence-corrected chi connectivity index (χ4v) is 2.98. The van der Waals surface area contributed by atoms with Crippen LogP contribution in [0.4, 0.5) is 22.4 Å². The van der Waals surface area contributed by atoms with Crippen molar-refractivity contribution in [1.29, 1.82) is 0 Å². The van der Waals surface area contributed by atoms with Crippen LogP contribution in [0.3, 0.4) is 0 Å². The van der Waals surface area contributed by atoms with Gasteiger partial charge in [-0.15, -0.1) is 0 Å². The second-order valence-corrected chi connectivity index (χ2v) is 6.00. The third-order valence-electron chi connectivity index (χ3n) is 4.06. The monoisotopic (exact) mass is 353 g/mol. The Morgan fingerprint density at radius 2 is 1.68 bits per heavy atom. The second-order valence-electron chi connectivity index (χ2n) is 6.00. The lowest BCUT2D eigenvalue weighted by atomic mass is 9.90. The van der Waals surface area contributed by atoms with Gasteiger partial charge < -0.3 is 4.74 Å². The number of amides is 1. The van der Waals surface area contributed by atoms with Gasteiger partial charge in [-0.2, -0.15) is 13.2 Å². The Balaban J connectivity index is 1.90. The highest BCUT2D eigenvalue weighted by Gasteiger charge is 2.52. The number of nitrogens with zero attached hydrogens (tertiary/aromatic N) is 1. The number of hydrogen-bond donors (Lipinski definition) is 0. The average Bonchev–Trinajstić information content (AvgIpc) is 2.83. The molecule has 2 aromatic rings. The standard InChI is InChI=1S/C18H15F4NO2/c19-15-8-6-14(7-9-15)17(11-18(20,21)22)12-23(16(24)25-17)10-13-4-2-1-3-5-13/h1-9H,10-12H2. The summed E-state index contributed by atoms with van der Waals surface area (Å²) in [6.07, 6.45) is -6.70. The molecule has 0 aromatic heterocycles. The molecule has 132 valence electrons. The van der Waals surface area contributed by atoms with Gasteiger partial charge in [0.25, 0.3) is 0 Å². The van der Waals surface area contributed by atoms with Crippen LogP contribution >= 0.6 is 0 Å². The molecule has 2 aromatic carbocycles. The van der Waals surface area contributed by atoms with E-state index >= 15 is 0 Å². The molecule has 1 unspecified atom stereocenters. The van der Waals surface area contributed by atoms with Crippen LogP contribution in [0.2, 0.25) is 0 Å². The molecule has 1 saturated heterocycles. The summed E-state index contributed by atoms with van der Waals surface area (Å²) < 4.78 is 57.7. The van der Waals surface area contributed by atoms with Crippen LogP contribution in [0.25, 0.3) is 0 Å². The first-order valence-corrected chi connectivity index (χ1v) is 7.62. The lowest BCUT2D eigenvalue weighted by Crippen LogP contribution is -2.36. The fraction of sp³-hybridized carbons (Fsp3) is 0.278. The molecule has 1 aliphatic rings. The highest BCUT2D eigenvalue weighted by atomic mass is 19.4. The van der Waals surface area contributed by atoms with Crippen molar-refractivity contribution in [3.8, 4) is 0 Å². The van der Waals surface area contributed by atoms with Crippen molar-refractivity contribution >= 4 is 6.09 Å². The first-order chi connectivity index (χ1) is 11.8. The summed E-state index contributed by atoms with van der Waals surface area (Å²) in [5.74, 6) is -0.573. The van der Waals surface area contributed by atoms with Gasteiger partial charge in [0.15, 0.2) is 5.60 Å². The van der Waals surface area contributed by atoms with Gasteiger partial charge in [-0.05, 0) is 23.3 Å². The molecule has 1 atom stereocenters. The number of cyclic esters (lactones) is 1. The van der Waals surface area contributed by atoms with Crippen LogP contribution in [0.1, 0.15) is 17.5 Å². The van der Waals surface area contributed by atoms with Gasteiger partial charge in [-0.25, -0.2) is 9.18 Å². The van der Waals surface area contributed by atoms with Crippen LogP contribution in [-0.2, 0) is 16.9 Å². The third kappa shape index (κ3) is 3.92. The van der Waals surface area contributed by atoms with Gasteiger partial charge in [-0.3, -0.25) is 4.90 Å². The molecular formula is C18H15F4NO2. The normalized spacial score (nSPS) is 20.6. The molecule has 25 heavy (non-hydrogen) atoms. The van der Waals surface area contributed by atoms with Crippen LogP contribution in [-0.4, -0.2) is 23.7 Å². The molecule has 3 rings (SSSR count). The van der Waals surface area contributed by atoms with E-state index in [-0.39, 0.29) is 18.7 Å². The maximum absolute atomic E-state index is 13.1. The Bertz CT molecular complexity index is 746. The van der Waals surface area contributed by atoms with Crippen molar-refractivity contribution in [3.63, 3.8) is 0 Å². The number of ether oxygens (including phenoxy) is 1. The van der Waals surface area contributed by atoms with Crippen molar-refractivity contribution in [2.75, 3.05) is 6.54 Å². The number of hydrogen-bond acceptors (Lipinski definition) is 2. The van der Waals surface area contributed by atoms with E-state index in [1.54, 1.807) is 30.3 Å². The molecule has 0 spiro atoms. The van der Waals surface area contributed by atoms with Crippen molar-refractivity contribution in [2.24, 2.45) is 0 Å². The smallest absolute Gasteiger partial charge is 0.411 e. The van der Waals surface area contributed by atoms with E-state index in [0.29, 0.717) is 0 Å². The van der Waals surface area contributed by atoms with Crippen molar-refractivity contribution in [3.05, 3.63) is 71.5 Å². The molecule has 1 aliphatic heterocycles. The summed E-state index contributed by atoms with van der Waals surface area (Å²) >= 11 is 0. The average molecular weight is 353 g/mol. The van der Waals surface area contributed by atoms with E-state index in [1.807, 2.05) is 0 Å². The molecule has 7 heteroatoms. The van der Waals surface area contributed by atoms with Crippen LogP contribution in [0, 0.1) is 5.82 Å². The Hall–Kier alpha value is -2.57. The lowest BCUT2D eigenvalue weighted by molar-refractivity contribution is -0.171. The second kappa shape index (κ2) is 6.38. The van der Waals surface area contributed by atoms with Gasteiger partial charge in [0.1, 0.15) is 5.82 Å². The number of halogens is 4. The molecule has 1 heterocycles. The van der Waals surface area contributed by atoms with E-state index in [9.17, 15) is 22.4 Å². The molecule has 1 amide bonds.